The predicted octanol–water partition coefficient (Wildman–Crippen LogP) is 2.86. The molecule has 4 aromatic rings. The quantitative estimate of drug-likeness (QED) is 0.414. The van der Waals surface area contributed by atoms with Crippen LogP contribution in [-0.2, 0) is 22.5 Å². The van der Waals surface area contributed by atoms with Crippen molar-refractivity contribution in [1.29, 1.82) is 5.26 Å². The van der Waals surface area contributed by atoms with Crippen LogP contribution in [0.4, 0.5) is 5.82 Å². The molecule has 2 aliphatic rings. The lowest BCUT2D eigenvalue weighted by Gasteiger charge is -2.33. The zero-order valence-electron chi connectivity index (χ0n) is 19.8. The lowest BCUT2D eigenvalue weighted by molar-refractivity contribution is 0.459. The summed E-state index contributed by atoms with van der Waals surface area (Å²) in [5.74, 6) is 0.842. The molecule has 0 spiro atoms. The number of nitriles is 1. The van der Waals surface area contributed by atoms with E-state index in [1.54, 1.807) is 41.5 Å². The molecule has 184 valence electrons. The number of aromatic nitrogens is 5. The normalized spacial score (nSPS) is 17.8. The third kappa shape index (κ3) is 4.02. The Bertz CT molecular complexity index is 1570. The molecule has 2 N–H and O–H groups in total. The first-order valence-corrected chi connectivity index (χ1v) is 13.5. The monoisotopic (exact) mass is 502 g/mol. The van der Waals surface area contributed by atoms with Crippen LogP contribution in [0.25, 0.3) is 22.3 Å². The van der Waals surface area contributed by atoms with Crippen molar-refractivity contribution in [2.24, 2.45) is 7.05 Å². The van der Waals surface area contributed by atoms with Crippen molar-refractivity contribution >= 4 is 26.9 Å². The lowest BCUT2D eigenvalue weighted by Crippen LogP contribution is -2.44. The third-order valence-electron chi connectivity index (χ3n) is 7.22. The third-order valence-corrected chi connectivity index (χ3v) is 8.75. The van der Waals surface area contributed by atoms with Crippen molar-refractivity contribution in [2.75, 3.05) is 18.0 Å². The van der Waals surface area contributed by atoms with E-state index in [0.717, 1.165) is 46.5 Å². The molecule has 0 bridgehead atoms. The summed E-state index contributed by atoms with van der Waals surface area (Å²) < 4.78 is 30.6. The van der Waals surface area contributed by atoms with Gasteiger partial charge < -0.3 is 9.88 Å². The standard InChI is InChI=1S/C25H26N8O2S/c1-32-14-17(13-29-32)22-12-21-23(30-22)27-16-28-24(21)33-10-6-19(7-11-33)31-36(34,35)20-4-2-18(3-5-20)25(15-26)8-9-25/h2-5,12-14,16,19,31H,6-11H2,1H3,(H,27,28,30). The highest BCUT2D eigenvalue weighted by atomic mass is 32.2. The molecule has 6 rings (SSSR count). The number of nitrogens with one attached hydrogen (secondary N) is 2. The maximum absolute atomic E-state index is 13.0. The Morgan fingerprint density at radius 1 is 1.17 bits per heavy atom. The fraction of sp³-hybridized carbons (Fsp3) is 0.360. The minimum atomic E-state index is -3.64. The predicted molar refractivity (Wildman–Crippen MR) is 135 cm³/mol. The van der Waals surface area contributed by atoms with Gasteiger partial charge in [0.25, 0.3) is 0 Å². The number of rotatable bonds is 6. The number of hydrogen-bond donors (Lipinski definition) is 2. The van der Waals surface area contributed by atoms with Gasteiger partial charge in [-0.05, 0) is 49.4 Å². The van der Waals surface area contributed by atoms with Crippen molar-refractivity contribution in [1.82, 2.24) is 29.5 Å². The zero-order valence-corrected chi connectivity index (χ0v) is 20.7. The molecule has 0 radical (unpaired) electrons. The van der Waals surface area contributed by atoms with Gasteiger partial charge in [-0.3, -0.25) is 4.68 Å². The summed E-state index contributed by atoms with van der Waals surface area (Å²) in [6, 6.07) is 11.0. The molecule has 0 atom stereocenters. The van der Waals surface area contributed by atoms with Gasteiger partial charge in [-0.2, -0.15) is 10.4 Å². The number of fused-ring (bicyclic) bond motifs is 1. The summed E-state index contributed by atoms with van der Waals surface area (Å²) in [4.78, 5) is 14.7. The fourth-order valence-electron chi connectivity index (χ4n) is 4.93. The highest BCUT2D eigenvalue weighted by Gasteiger charge is 2.44. The van der Waals surface area contributed by atoms with Crippen LogP contribution in [0.15, 0.2) is 53.9 Å². The van der Waals surface area contributed by atoms with Gasteiger partial charge >= 0.3 is 0 Å². The average molecular weight is 503 g/mol. The van der Waals surface area contributed by atoms with E-state index < -0.39 is 15.4 Å². The molecule has 3 aromatic heterocycles. The lowest BCUT2D eigenvalue weighted by atomic mass is 9.98. The smallest absolute Gasteiger partial charge is 0.240 e. The molecule has 10 nitrogen and oxygen atoms in total. The highest BCUT2D eigenvalue weighted by molar-refractivity contribution is 7.89. The van der Waals surface area contributed by atoms with Gasteiger partial charge in [0.15, 0.2) is 0 Å². The Hall–Kier alpha value is -3.75. The molecule has 36 heavy (non-hydrogen) atoms. The zero-order chi connectivity index (χ0) is 24.9. The van der Waals surface area contributed by atoms with Gasteiger partial charge in [0.1, 0.15) is 17.8 Å². The van der Waals surface area contributed by atoms with Crippen LogP contribution in [0.5, 0.6) is 0 Å². The summed E-state index contributed by atoms with van der Waals surface area (Å²) in [5, 5.41) is 14.5. The van der Waals surface area contributed by atoms with Crippen LogP contribution in [0.1, 0.15) is 31.2 Å². The van der Waals surface area contributed by atoms with Crippen molar-refractivity contribution in [3.8, 4) is 17.3 Å². The molecule has 4 heterocycles. The molecule has 0 unspecified atom stereocenters. The fourth-order valence-corrected chi connectivity index (χ4v) is 6.24. The van der Waals surface area contributed by atoms with Crippen LogP contribution < -0.4 is 9.62 Å². The minimum absolute atomic E-state index is 0.158. The Morgan fingerprint density at radius 2 is 1.92 bits per heavy atom. The highest BCUT2D eigenvalue weighted by Crippen LogP contribution is 2.47. The molecular weight excluding hydrogens is 476 g/mol. The van der Waals surface area contributed by atoms with E-state index >= 15 is 0 Å². The summed E-state index contributed by atoms with van der Waals surface area (Å²) in [6.45, 7) is 1.35. The number of H-pyrrole nitrogens is 1. The number of aryl methyl sites for hydroxylation is 1. The van der Waals surface area contributed by atoms with E-state index in [9.17, 15) is 13.7 Å². The number of benzene rings is 1. The molecule has 1 saturated carbocycles. The number of anilines is 1. The second kappa shape index (κ2) is 8.43. The number of hydrogen-bond acceptors (Lipinski definition) is 7. The van der Waals surface area contributed by atoms with Crippen molar-refractivity contribution in [2.45, 2.75) is 42.0 Å². The SMILES string of the molecule is Cn1cc(-c2cc3c(N4CCC(NS(=O)(=O)c5ccc(C6(C#N)CC6)cc5)CC4)ncnc3[nH]2)cn1. The largest absolute Gasteiger partial charge is 0.356 e. The number of sulfonamides is 1. The van der Waals surface area contributed by atoms with E-state index in [4.69, 9.17) is 0 Å². The average Bonchev–Trinajstić information content (AvgIpc) is 3.37. The van der Waals surface area contributed by atoms with Crippen LogP contribution in [0.3, 0.4) is 0 Å². The summed E-state index contributed by atoms with van der Waals surface area (Å²) in [7, 11) is -1.76. The Morgan fingerprint density at radius 3 is 2.56 bits per heavy atom. The first-order valence-electron chi connectivity index (χ1n) is 12.0. The molecule has 1 aliphatic carbocycles. The van der Waals surface area contributed by atoms with Crippen LogP contribution in [-0.4, -0.2) is 52.3 Å². The van der Waals surface area contributed by atoms with E-state index in [-0.39, 0.29) is 10.9 Å². The van der Waals surface area contributed by atoms with Gasteiger partial charge in [0, 0.05) is 37.9 Å². The van der Waals surface area contributed by atoms with E-state index in [2.05, 4.69) is 35.7 Å². The second-order valence-electron chi connectivity index (χ2n) is 9.65. The van der Waals surface area contributed by atoms with Crippen LogP contribution in [0.2, 0.25) is 0 Å². The molecule has 11 heteroatoms. The molecular formula is C25H26N8O2S. The summed E-state index contributed by atoms with van der Waals surface area (Å²) in [5.41, 5.74) is 3.13. The van der Waals surface area contributed by atoms with Crippen LogP contribution in [0, 0.1) is 11.3 Å². The Kier molecular flexibility index (Phi) is 5.31. The topological polar surface area (TPSA) is 133 Å². The number of aromatic amines is 1. The van der Waals surface area contributed by atoms with Gasteiger partial charge in [0.2, 0.25) is 10.0 Å². The van der Waals surface area contributed by atoms with Gasteiger partial charge in [0.05, 0.1) is 33.7 Å². The molecule has 1 aromatic carbocycles. The second-order valence-corrected chi connectivity index (χ2v) is 11.4. The maximum atomic E-state index is 13.0. The van der Waals surface area contributed by atoms with Gasteiger partial charge in [-0.25, -0.2) is 23.1 Å². The van der Waals surface area contributed by atoms with Crippen molar-refractivity contribution in [3.63, 3.8) is 0 Å². The molecule has 1 saturated heterocycles. The van der Waals surface area contributed by atoms with Crippen LogP contribution >= 0.6 is 0 Å². The van der Waals surface area contributed by atoms with Gasteiger partial charge in [-0.1, -0.05) is 12.1 Å². The summed E-state index contributed by atoms with van der Waals surface area (Å²) >= 11 is 0. The Balaban J connectivity index is 1.14. The number of nitrogens with zero attached hydrogens (tertiary/aromatic N) is 6. The summed E-state index contributed by atoms with van der Waals surface area (Å²) in [6.07, 6.45) is 8.29. The molecule has 1 aliphatic heterocycles. The van der Waals surface area contributed by atoms with E-state index in [1.165, 1.54) is 0 Å². The Labute approximate surface area is 209 Å². The minimum Gasteiger partial charge on any atom is -0.356 e. The molecule has 0 amide bonds. The van der Waals surface area contributed by atoms with Gasteiger partial charge in [-0.15, -0.1) is 0 Å². The van der Waals surface area contributed by atoms with E-state index in [1.807, 2.05) is 19.3 Å². The molecule has 2 fully saturated rings. The maximum Gasteiger partial charge on any atom is 0.240 e. The first-order chi connectivity index (χ1) is 17.4. The first kappa shape index (κ1) is 22.7. The van der Waals surface area contributed by atoms with E-state index in [0.29, 0.717) is 25.9 Å². The van der Waals surface area contributed by atoms with Crippen molar-refractivity contribution in [3.05, 3.63) is 54.6 Å². The number of piperidine rings is 1. The van der Waals surface area contributed by atoms with Crippen molar-refractivity contribution < 1.29 is 8.42 Å².